The monoisotopic (exact) mass is 145 g/mol. The molecule has 1 aliphatic carbocycles. The first-order valence-corrected chi connectivity index (χ1v) is 4.26. The van der Waals surface area contributed by atoms with Crippen molar-refractivity contribution in [2.24, 2.45) is 5.92 Å². The fourth-order valence-corrected chi connectivity index (χ4v) is 1.67. The Labute approximate surface area is 68.3 Å². The molecular weight excluding hydrogens is 132 g/mol. The average molecular weight is 145 g/mol. The zero-order valence-electron chi connectivity index (χ0n) is 6.83. The molecule has 0 N–H and O–H groups in total. The molecule has 0 heterocycles. The van der Waals surface area contributed by atoms with Crippen molar-refractivity contribution in [1.29, 1.82) is 0 Å². The maximum Gasteiger partial charge on any atom is -0.0128 e. The third kappa shape index (κ3) is 1.30. The molecule has 2 atom stereocenters. The number of rotatable bonds is 2. The van der Waals surface area contributed by atoms with Crippen LogP contribution in [0.3, 0.4) is 0 Å². The molecule has 1 fully saturated rings. The van der Waals surface area contributed by atoms with Gasteiger partial charge in [0.05, 0.1) is 0 Å². The summed E-state index contributed by atoms with van der Waals surface area (Å²) in [5, 5.41) is 0. The van der Waals surface area contributed by atoms with Crippen LogP contribution >= 0.6 is 0 Å². The Morgan fingerprint density at radius 3 is 2.55 bits per heavy atom. The van der Waals surface area contributed by atoms with E-state index in [2.05, 4.69) is 43.7 Å². The van der Waals surface area contributed by atoms with E-state index in [1.807, 2.05) is 0 Å². The molecule has 0 heteroatoms. The summed E-state index contributed by atoms with van der Waals surface area (Å²) in [6.45, 7) is 2.16. The van der Waals surface area contributed by atoms with Gasteiger partial charge in [0, 0.05) is 0 Å². The van der Waals surface area contributed by atoms with E-state index in [0.717, 1.165) is 11.8 Å². The fraction of sp³-hybridized carbons (Fsp3) is 0.364. The summed E-state index contributed by atoms with van der Waals surface area (Å²) in [6, 6.07) is 10.8. The van der Waals surface area contributed by atoms with E-state index in [4.69, 9.17) is 0 Å². The first kappa shape index (κ1) is 6.90. The summed E-state index contributed by atoms with van der Waals surface area (Å²) >= 11 is 0. The van der Waals surface area contributed by atoms with Gasteiger partial charge in [-0.15, -0.1) is 0 Å². The molecule has 57 valence electrons. The number of benzene rings is 1. The molecule has 11 heavy (non-hydrogen) atoms. The van der Waals surface area contributed by atoms with Crippen molar-refractivity contribution in [2.75, 3.05) is 0 Å². The van der Waals surface area contributed by atoms with Gasteiger partial charge in [-0.05, 0) is 30.2 Å². The zero-order chi connectivity index (χ0) is 7.68. The summed E-state index contributed by atoms with van der Waals surface area (Å²) in [7, 11) is 0. The molecule has 0 unspecified atom stereocenters. The van der Waals surface area contributed by atoms with E-state index in [0.29, 0.717) is 0 Å². The first-order chi connectivity index (χ1) is 5.42. The Balaban J connectivity index is 2.09. The molecule has 0 saturated heterocycles. The minimum atomic E-state index is 0.834. The lowest BCUT2D eigenvalue weighted by Crippen LogP contribution is -1.80. The van der Waals surface area contributed by atoms with Crippen LogP contribution < -0.4 is 0 Å². The average Bonchev–Trinajstić information content (AvgIpc) is 2.85. The highest BCUT2D eigenvalue weighted by atomic mass is 14.4. The van der Waals surface area contributed by atoms with Crippen LogP contribution in [0.4, 0.5) is 0 Å². The molecule has 0 bridgehead atoms. The summed E-state index contributed by atoms with van der Waals surface area (Å²) < 4.78 is 0. The minimum absolute atomic E-state index is 0.834. The van der Waals surface area contributed by atoms with Crippen LogP contribution in [0.15, 0.2) is 30.3 Å². The summed E-state index contributed by atoms with van der Waals surface area (Å²) in [6.07, 6.45) is 3.68. The van der Waals surface area contributed by atoms with E-state index in [1.165, 1.54) is 12.0 Å². The zero-order valence-corrected chi connectivity index (χ0v) is 6.83. The molecule has 1 saturated carbocycles. The third-order valence-corrected chi connectivity index (χ3v) is 2.50. The molecule has 0 aliphatic heterocycles. The molecule has 1 aliphatic rings. The highest BCUT2D eigenvalue weighted by Gasteiger charge is 2.36. The SMILES string of the molecule is C[CH][C@H]1C[C@@H]1c1ccccc1. The third-order valence-electron chi connectivity index (χ3n) is 2.50. The minimum Gasteiger partial charge on any atom is -0.0622 e. The van der Waals surface area contributed by atoms with Crippen molar-refractivity contribution in [1.82, 2.24) is 0 Å². The molecule has 1 aromatic carbocycles. The summed E-state index contributed by atoms with van der Waals surface area (Å²) in [5.41, 5.74) is 1.51. The van der Waals surface area contributed by atoms with Gasteiger partial charge in [0.2, 0.25) is 0 Å². The van der Waals surface area contributed by atoms with Crippen LogP contribution in [-0.4, -0.2) is 0 Å². The second kappa shape index (κ2) is 2.69. The lowest BCUT2D eigenvalue weighted by atomic mass is 10.1. The predicted octanol–water partition coefficient (Wildman–Crippen LogP) is 3.01. The molecule has 0 amide bonds. The van der Waals surface area contributed by atoms with Crippen molar-refractivity contribution in [3.8, 4) is 0 Å². The lowest BCUT2D eigenvalue weighted by molar-refractivity contribution is 0.933. The molecular formula is C11H13. The number of hydrogen-bond donors (Lipinski definition) is 0. The van der Waals surface area contributed by atoms with Gasteiger partial charge in [0.1, 0.15) is 0 Å². The van der Waals surface area contributed by atoms with Crippen molar-refractivity contribution < 1.29 is 0 Å². The van der Waals surface area contributed by atoms with E-state index in [9.17, 15) is 0 Å². The van der Waals surface area contributed by atoms with Crippen LogP contribution in [0.2, 0.25) is 0 Å². The maximum atomic E-state index is 2.32. The summed E-state index contributed by atoms with van der Waals surface area (Å²) in [4.78, 5) is 0. The smallest absolute Gasteiger partial charge is 0.0128 e. The van der Waals surface area contributed by atoms with Gasteiger partial charge in [-0.2, -0.15) is 0 Å². The van der Waals surface area contributed by atoms with Gasteiger partial charge < -0.3 is 0 Å². The highest BCUT2D eigenvalue weighted by Crippen LogP contribution is 2.48. The Bertz CT molecular complexity index is 225. The van der Waals surface area contributed by atoms with E-state index in [-0.39, 0.29) is 0 Å². The first-order valence-electron chi connectivity index (χ1n) is 4.26. The fourth-order valence-electron chi connectivity index (χ4n) is 1.67. The molecule has 0 spiro atoms. The lowest BCUT2D eigenvalue weighted by Gasteiger charge is -1.96. The molecule has 0 aromatic heterocycles. The van der Waals surface area contributed by atoms with Crippen LogP contribution in [-0.2, 0) is 0 Å². The van der Waals surface area contributed by atoms with Gasteiger partial charge >= 0.3 is 0 Å². The second-order valence-corrected chi connectivity index (χ2v) is 3.25. The molecule has 2 rings (SSSR count). The highest BCUT2D eigenvalue weighted by molar-refractivity contribution is 5.26. The van der Waals surface area contributed by atoms with Crippen molar-refractivity contribution >= 4 is 0 Å². The normalized spacial score (nSPS) is 28.5. The van der Waals surface area contributed by atoms with Gasteiger partial charge in [-0.3, -0.25) is 0 Å². The second-order valence-electron chi connectivity index (χ2n) is 3.25. The van der Waals surface area contributed by atoms with Crippen molar-refractivity contribution in [3.05, 3.63) is 42.3 Å². The van der Waals surface area contributed by atoms with Crippen molar-refractivity contribution in [3.63, 3.8) is 0 Å². The number of hydrogen-bond acceptors (Lipinski definition) is 0. The Morgan fingerprint density at radius 2 is 2.00 bits per heavy atom. The van der Waals surface area contributed by atoms with Gasteiger partial charge in [-0.1, -0.05) is 37.3 Å². The molecule has 0 nitrogen and oxygen atoms in total. The predicted molar refractivity (Wildman–Crippen MR) is 47.3 cm³/mol. The van der Waals surface area contributed by atoms with Gasteiger partial charge in [0.15, 0.2) is 0 Å². The van der Waals surface area contributed by atoms with E-state index in [1.54, 1.807) is 0 Å². The quantitative estimate of drug-likeness (QED) is 0.600. The van der Waals surface area contributed by atoms with Gasteiger partial charge in [-0.25, -0.2) is 0 Å². The Hall–Kier alpha value is -0.780. The van der Waals surface area contributed by atoms with Crippen LogP contribution in [0.5, 0.6) is 0 Å². The standard InChI is InChI=1S/C11H13/c1-2-9-8-11(9)10-6-4-3-5-7-10/h2-7,9,11H,8H2,1H3/t9-,11-/m0/s1. The Kier molecular flexibility index (Phi) is 1.69. The summed E-state index contributed by atoms with van der Waals surface area (Å²) in [5.74, 6) is 1.69. The Morgan fingerprint density at radius 1 is 1.27 bits per heavy atom. The maximum absolute atomic E-state index is 2.32. The van der Waals surface area contributed by atoms with Crippen LogP contribution in [0.1, 0.15) is 24.8 Å². The van der Waals surface area contributed by atoms with Gasteiger partial charge in [0.25, 0.3) is 0 Å². The van der Waals surface area contributed by atoms with Crippen LogP contribution in [0.25, 0.3) is 0 Å². The van der Waals surface area contributed by atoms with Crippen molar-refractivity contribution in [2.45, 2.75) is 19.3 Å². The van der Waals surface area contributed by atoms with Crippen LogP contribution in [0, 0.1) is 12.3 Å². The molecule has 1 radical (unpaired) electrons. The topological polar surface area (TPSA) is 0 Å². The van der Waals surface area contributed by atoms with E-state index >= 15 is 0 Å². The largest absolute Gasteiger partial charge is 0.0622 e. The van der Waals surface area contributed by atoms with E-state index < -0.39 is 0 Å². The molecule has 1 aromatic rings.